The number of hydrogen-bond acceptors (Lipinski definition) is 5. The van der Waals surface area contributed by atoms with E-state index in [1.165, 1.54) is 5.56 Å². The number of methoxy groups -OCH3 is 1. The molecule has 0 spiro atoms. The molecule has 1 atom stereocenters. The molecule has 3 rings (SSSR count). The van der Waals surface area contributed by atoms with Crippen LogP contribution in [0, 0.1) is 12.8 Å². The smallest absolute Gasteiger partial charge is 0.225 e. The number of aromatic nitrogens is 2. The number of anilines is 1. The van der Waals surface area contributed by atoms with Gasteiger partial charge in [0.05, 0.1) is 5.92 Å². The van der Waals surface area contributed by atoms with Crippen LogP contribution in [0.15, 0.2) is 36.7 Å². The van der Waals surface area contributed by atoms with Gasteiger partial charge in [-0.3, -0.25) is 4.79 Å². The van der Waals surface area contributed by atoms with E-state index >= 15 is 0 Å². The van der Waals surface area contributed by atoms with Crippen LogP contribution in [0.2, 0.25) is 0 Å². The first-order chi connectivity index (χ1) is 13.2. The summed E-state index contributed by atoms with van der Waals surface area (Å²) in [6, 6.07) is 8.34. The summed E-state index contributed by atoms with van der Waals surface area (Å²) < 4.78 is 5.02. The minimum absolute atomic E-state index is 0.0123. The number of carbonyl (C=O) groups is 1. The molecule has 27 heavy (non-hydrogen) atoms. The van der Waals surface area contributed by atoms with Crippen LogP contribution in [0.5, 0.6) is 0 Å². The van der Waals surface area contributed by atoms with E-state index in [9.17, 15) is 4.79 Å². The van der Waals surface area contributed by atoms with Gasteiger partial charge in [0, 0.05) is 51.3 Å². The van der Waals surface area contributed by atoms with Crippen LogP contribution >= 0.6 is 0 Å². The van der Waals surface area contributed by atoms with Crippen molar-refractivity contribution in [3.05, 3.63) is 42.2 Å². The molecule has 6 heteroatoms. The van der Waals surface area contributed by atoms with Crippen molar-refractivity contribution < 1.29 is 9.53 Å². The van der Waals surface area contributed by atoms with Crippen molar-refractivity contribution in [1.82, 2.24) is 15.3 Å². The topological polar surface area (TPSA) is 67.3 Å². The van der Waals surface area contributed by atoms with Gasteiger partial charge in [-0.05, 0) is 31.7 Å². The van der Waals surface area contributed by atoms with Crippen molar-refractivity contribution in [3.8, 4) is 11.1 Å². The number of hydrogen-bond donors (Lipinski definition) is 1. The van der Waals surface area contributed by atoms with E-state index in [0.717, 1.165) is 36.9 Å². The zero-order valence-corrected chi connectivity index (χ0v) is 16.1. The van der Waals surface area contributed by atoms with E-state index in [4.69, 9.17) is 4.74 Å². The third-order valence-corrected chi connectivity index (χ3v) is 4.92. The van der Waals surface area contributed by atoms with Crippen LogP contribution in [-0.2, 0) is 9.53 Å². The van der Waals surface area contributed by atoms with Gasteiger partial charge in [0.25, 0.3) is 0 Å². The number of nitrogens with one attached hydrogen (secondary N) is 1. The number of rotatable bonds is 7. The van der Waals surface area contributed by atoms with Gasteiger partial charge in [0.2, 0.25) is 11.9 Å². The molecule has 0 saturated carbocycles. The van der Waals surface area contributed by atoms with E-state index in [2.05, 4.69) is 51.4 Å². The Labute approximate surface area is 161 Å². The Morgan fingerprint density at radius 3 is 2.67 bits per heavy atom. The molecule has 1 fully saturated rings. The summed E-state index contributed by atoms with van der Waals surface area (Å²) in [5.41, 5.74) is 3.35. The van der Waals surface area contributed by atoms with E-state index < -0.39 is 0 Å². The summed E-state index contributed by atoms with van der Waals surface area (Å²) in [6.07, 6.45) is 6.44. The maximum atomic E-state index is 12.4. The largest absolute Gasteiger partial charge is 0.385 e. The zero-order valence-electron chi connectivity index (χ0n) is 16.1. The summed E-state index contributed by atoms with van der Waals surface area (Å²) in [5.74, 6) is 0.802. The maximum absolute atomic E-state index is 12.4. The van der Waals surface area contributed by atoms with Crippen LogP contribution in [0.3, 0.4) is 0 Å². The second-order valence-electron chi connectivity index (χ2n) is 7.06. The predicted octanol–water partition coefficient (Wildman–Crippen LogP) is 2.82. The molecule has 1 aliphatic heterocycles. The lowest BCUT2D eigenvalue weighted by Gasteiger charge is -2.32. The Bertz CT molecular complexity index is 731. The summed E-state index contributed by atoms with van der Waals surface area (Å²) in [4.78, 5) is 23.6. The first-order valence-electron chi connectivity index (χ1n) is 9.58. The lowest BCUT2D eigenvalue weighted by Crippen LogP contribution is -2.44. The van der Waals surface area contributed by atoms with Crippen LogP contribution in [0.1, 0.15) is 24.8 Å². The Kier molecular flexibility index (Phi) is 6.76. The Balaban J connectivity index is 1.59. The molecule has 1 aromatic carbocycles. The van der Waals surface area contributed by atoms with E-state index in [-0.39, 0.29) is 11.8 Å². The third kappa shape index (κ3) is 5.26. The molecule has 0 unspecified atom stereocenters. The van der Waals surface area contributed by atoms with Crippen molar-refractivity contribution in [3.63, 3.8) is 0 Å². The summed E-state index contributed by atoms with van der Waals surface area (Å²) in [7, 11) is 1.67. The highest BCUT2D eigenvalue weighted by molar-refractivity contribution is 5.79. The molecule has 1 aliphatic rings. The normalized spacial score (nSPS) is 17.0. The molecule has 6 nitrogen and oxygen atoms in total. The molecule has 1 amide bonds. The third-order valence-electron chi connectivity index (χ3n) is 4.92. The lowest BCUT2D eigenvalue weighted by molar-refractivity contribution is -0.125. The number of piperidine rings is 1. The fraction of sp³-hybridized carbons (Fsp3) is 0.476. The average molecular weight is 368 g/mol. The fourth-order valence-corrected chi connectivity index (χ4v) is 3.32. The van der Waals surface area contributed by atoms with Gasteiger partial charge in [0.1, 0.15) is 0 Å². The lowest BCUT2D eigenvalue weighted by atomic mass is 9.97. The predicted molar refractivity (Wildman–Crippen MR) is 107 cm³/mol. The number of benzene rings is 1. The molecule has 1 N–H and O–H groups in total. The minimum atomic E-state index is -0.0123. The van der Waals surface area contributed by atoms with Crippen molar-refractivity contribution >= 4 is 11.9 Å². The van der Waals surface area contributed by atoms with Crippen LogP contribution in [-0.4, -0.2) is 49.2 Å². The first kappa shape index (κ1) is 19.3. The molecule has 0 bridgehead atoms. The van der Waals surface area contributed by atoms with Crippen molar-refractivity contribution in [2.45, 2.75) is 26.2 Å². The molecule has 0 radical (unpaired) electrons. The quantitative estimate of drug-likeness (QED) is 0.761. The molecular weight excluding hydrogens is 340 g/mol. The van der Waals surface area contributed by atoms with Gasteiger partial charge in [-0.15, -0.1) is 0 Å². The highest BCUT2D eigenvalue weighted by atomic mass is 16.5. The highest BCUT2D eigenvalue weighted by Gasteiger charge is 2.26. The van der Waals surface area contributed by atoms with E-state index in [1.54, 1.807) is 7.11 Å². The zero-order chi connectivity index (χ0) is 19.1. The van der Waals surface area contributed by atoms with Crippen LogP contribution < -0.4 is 10.2 Å². The number of aryl methyl sites for hydroxylation is 1. The Morgan fingerprint density at radius 2 is 1.96 bits per heavy atom. The Hall–Kier alpha value is -2.47. The van der Waals surface area contributed by atoms with Gasteiger partial charge >= 0.3 is 0 Å². The molecule has 1 aromatic heterocycles. The van der Waals surface area contributed by atoms with Gasteiger partial charge in [-0.2, -0.15) is 0 Å². The maximum Gasteiger partial charge on any atom is 0.225 e. The second-order valence-corrected chi connectivity index (χ2v) is 7.06. The van der Waals surface area contributed by atoms with Crippen molar-refractivity contribution in [2.75, 3.05) is 38.3 Å². The van der Waals surface area contributed by atoms with Gasteiger partial charge in [-0.25, -0.2) is 9.97 Å². The van der Waals surface area contributed by atoms with Gasteiger partial charge in [0.15, 0.2) is 0 Å². The van der Waals surface area contributed by atoms with Crippen molar-refractivity contribution in [2.24, 2.45) is 5.92 Å². The second kappa shape index (κ2) is 9.46. The van der Waals surface area contributed by atoms with E-state index in [0.29, 0.717) is 25.6 Å². The molecule has 2 heterocycles. The number of carbonyl (C=O) groups excluding carboxylic acids is 1. The summed E-state index contributed by atoms with van der Waals surface area (Å²) >= 11 is 0. The van der Waals surface area contributed by atoms with Gasteiger partial charge < -0.3 is 15.0 Å². The summed E-state index contributed by atoms with van der Waals surface area (Å²) in [5, 5.41) is 3.01. The molecule has 2 aromatic rings. The van der Waals surface area contributed by atoms with Gasteiger partial charge in [-0.1, -0.05) is 29.8 Å². The summed E-state index contributed by atoms with van der Waals surface area (Å²) in [6.45, 7) is 4.95. The van der Waals surface area contributed by atoms with Crippen molar-refractivity contribution in [1.29, 1.82) is 0 Å². The molecule has 0 aliphatic carbocycles. The highest BCUT2D eigenvalue weighted by Crippen LogP contribution is 2.23. The minimum Gasteiger partial charge on any atom is -0.385 e. The fourth-order valence-electron chi connectivity index (χ4n) is 3.32. The van der Waals surface area contributed by atoms with E-state index in [1.807, 2.05) is 12.4 Å². The number of amides is 1. The SMILES string of the molecule is COCCCNC(=O)[C@H]1CCCN(c2ncc(-c3ccc(C)cc3)cn2)C1. The Morgan fingerprint density at radius 1 is 1.22 bits per heavy atom. The molecular formula is C21H28N4O2. The number of nitrogens with zero attached hydrogens (tertiary/aromatic N) is 3. The van der Waals surface area contributed by atoms with Crippen LogP contribution in [0.25, 0.3) is 11.1 Å². The van der Waals surface area contributed by atoms with Crippen LogP contribution in [0.4, 0.5) is 5.95 Å². The standard InChI is InChI=1S/C21H28N4O2/c1-16-6-8-17(9-7-16)19-13-23-21(24-14-19)25-11-3-5-18(15-25)20(26)22-10-4-12-27-2/h6-9,13-14,18H,3-5,10-12,15H2,1-2H3,(H,22,26)/t18-/m0/s1. The first-order valence-corrected chi connectivity index (χ1v) is 9.58. The molecule has 1 saturated heterocycles. The number of ether oxygens (including phenoxy) is 1. The monoisotopic (exact) mass is 368 g/mol. The molecule has 144 valence electrons. The average Bonchev–Trinajstić information content (AvgIpc) is 2.72.